The van der Waals surface area contributed by atoms with E-state index in [-0.39, 0.29) is 16.7 Å². The van der Waals surface area contributed by atoms with E-state index in [0.717, 1.165) is 0 Å². The second kappa shape index (κ2) is 5.67. The summed E-state index contributed by atoms with van der Waals surface area (Å²) in [5.74, 6) is 0.512. The molecular weight excluding hydrogens is 200 g/mol. The Hall–Kier alpha value is -0.570. The molecule has 0 bridgehead atoms. The minimum absolute atomic E-state index is 0.0133. The third-order valence-corrected chi connectivity index (χ3v) is 3.29. The van der Waals surface area contributed by atoms with E-state index in [1.165, 1.54) is 0 Å². The van der Waals surface area contributed by atoms with Gasteiger partial charge >= 0.3 is 0 Å². The first-order chi connectivity index (χ1) is 7.08. The molecule has 0 aromatic heterocycles. The molecule has 0 saturated heterocycles. The Balaban J connectivity index is 4.02. The van der Waals surface area contributed by atoms with Gasteiger partial charge in [-0.05, 0) is 23.3 Å². The molecule has 0 aromatic rings. The molecule has 0 aliphatic rings. The van der Waals surface area contributed by atoms with Gasteiger partial charge in [0.2, 0.25) is 5.91 Å². The molecule has 0 rings (SSSR count). The predicted octanol–water partition coefficient (Wildman–Crippen LogP) is 2.16. The summed E-state index contributed by atoms with van der Waals surface area (Å²) >= 11 is 0. The smallest absolute Gasteiger partial charge is 0.220 e. The van der Waals surface area contributed by atoms with Crippen LogP contribution in [-0.2, 0) is 4.79 Å². The first-order valence-corrected chi connectivity index (χ1v) is 6.05. The van der Waals surface area contributed by atoms with E-state index in [9.17, 15) is 4.79 Å². The van der Waals surface area contributed by atoms with Crippen molar-refractivity contribution in [3.8, 4) is 0 Å². The molecule has 0 aliphatic heterocycles. The van der Waals surface area contributed by atoms with Crippen molar-refractivity contribution in [2.45, 2.75) is 48.0 Å². The number of carbonyl (C=O) groups excluding carboxylic acids is 1. The first kappa shape index (κ1) is 15.4. The highest BCUT2D eigenvalue weighted by molar-refractivity contribution is 5.76. The largest absolute Gasteiger partial charge is 0.356 e. The van der Waals surface area contributed by atoms with Crippen LogP contribution in [0.5, 0.6) is 0 Å². The van der Waals surface area contributed by atoms with Gasteiger partial charge in [-0.3, -0.25) is 4.79 Å². The Morgan fingerprint density at radius 2 is 1.75 bits per heavy atom. The zero-order chi connectivity index (χ0) is 13.0. The molecule has 16 heavy (non-hydrogen) atoms. The average Bonchev–Trinajstić information content (AvgIpc) is 2.13. The van der Waals surface area contributed by atoms with Crippen molar-refractivity contribution in [1.29, 1.82) is 0 Å². The van der Waals surface area contributed by atoms with Gasteiger partial charge in [0.25, 0.3) is 0 Å². The molecule has 0 aliphatic carbocycles. The third-order valence-electron chi connectivity index (χ3n) is 3.29. The van der Waals surface area contributed by atoms with E-state index < -0.39 is 0 Å². The van der Waals surface area contributed by atoms with Crippen LogP contribution in [0.2, 0.25) is 0 Å². The summed E-state index contributed by atoms with van der Waals surface area (Å²) in [5.41, 5.74) is 5.78. The van der Waals surface area contributed by atoms with Gasteiger partial charge in [-0.1, -0.05) is 41.5 Å². The Labute approximate surface area is 100 Å². The third kappa shape index (κ3) is 6.11. The fourth-order valence-corrected chi connectivity index (χ4v) is 1.07. The average molecular weight is 228 g/mol. The standard InChI is InChI=1S/C13H28N2O/c1-10(12(2,3)4)7-11(16)15-9-13(5,6)8-14/h10H,7-9,14H2,1-6H3,(H,15,16). The maximum atomic E-state index is 11.7. The van der Waals surface area contributed by atoms with E-state index in [4.69, 9.17) is 5.73 Å². The molecule has 0 heterocycles. The van der Waals surface area contributed by atoms with E-state index in [0.29, 0.717) is 25.4 Å². The topological polar surface area (TPSA) is 55.1 Å². The Morgan fingerprint density at radius 3 is 2.12 bits per heavy atom. The fraction of sp³-hybridized carbons (Fsp3) is 0.923. The molecule has 0 aromatic carbocycles. The number of nitrogens with one attached hydrogen (secondary N) is 1. The van der Waals surface area contributed by atoms with Gasteiger partial charge in [-0.25, -0.2) is 0 Å². The van der Waals surface area contributed by atoms with Gasteiger partial charge < -0.3 is 11.1 Å². The minimum atomic E-state index is -0.0133. The number of hydrogen-bond acceptors (Lipinski definition) is 2. The highest BCUT2D eigenvalue weighted by atomic mass is 16.1. The molecule has 3 N–H and O–H groups in total. The van der Waals surface area contributed by atoms with Gasteiger partial charge in [0.1, 0.15) is 0 Å². The number of carbonyl (C=O) groups is 1. The van der Waals surface area contributed by atoms with Crippen LogP contribution >= 0.6 is 0 Å². The maximum Gasteiger partial charge on any atom is 0.220 e. The molecule has 0 saturated carbocycles. The monoisotopic (exact) mass is 228 g/mol. The van der Waals surface area contributed by atoms with Crippen molar-refractivity contribution in [3.05, 3.63) is 0 Å². The lowest BCUT2D eigenvalue weighted by Gasteiger charge is -2.28. The highest BCUT2D eigenvalue weighted by Gasteiger charge is 2.23. The molecule has 0 spiro atoms. The van der Waals surface area contributed by atoms with Crippen LogP contribution in [0, 0.1) is 16.7 Å². The zero-order valence-electron chi connectivity index (χ0n) is 11.7. The van der Waals surface area contributed by atoms with Crippen LogP contribution in [0.25, 0.3) is 0 Å². The summed E-state index contributed by atoms with van der Waals surface area (Å²) in [6.07, 6.45) is 0.587. The SMILES string of the molecule is CC(CC(=O)NCC(C)(C)CN)C(C)(C)C. The van der Waals surface area contributed by atoms with E-state index in [1.807, 2.05) is 0 Å². The van der Waals surface area contributed by atoms with Crippen LogP contribution in [0.1, 0.15) is 48.0 Å². The molecule has 1 unspecified atom stereocenters. The van der Waals surface area contributed by atoms with Crippen LogP contribution < -0.4 is 11.1 Å². The normalized spacial score (nSPS) is 14.7. The second-order valence-electron chi connectivity index (χ2n) is 6.62. The number of nitrogens with two attached hydrogens (primary N) is 1. The van der Waals surface area contributed by atoms with Crippen molar-refractivity contribution in [1.82, 2.24) is 5.32 Å². The van der Waals surface area contributed by atoms with Crippen LogP contribution in [0.3, 0.4) is 0 Å². The summed E-state index contributed by atoms with van der Waals surface area (Å²) in [6.45, 7) is 14.0. The number of amides is 1. The fourth-order valence-electron chi connectivity index (χ4n) is 1.07. The van der Waals surface area contributed by atoms with Crippen molar-refractivity contribution in [2.75, 3.05) is 13.1 Å². The highest BCUT2D eigenvalue weighted by Crippen LogP contribution is 2.27. The van der Waals surface area contributed by atoms with E-state index >= 15 is 0 Å². The zero-order valence-corrected chi connectivity index (χ0v) is 11.7. The summed E-state index contributed by atoms with van der Waals surface area (Å²) in [5, 5.41) is 2.96. The summed E-state index contributed by atoms with van der Waals surface area (Å²) in [6, 6.07) is 0. The van der Waals surface area contributed by atoms with E-state index in [1.54, 1.807) is 0 Å². The quantitative estimate of drug-likeness (QED) is 0.757. The van der Waals surface area contributed by atoms with Crippen molar-refractivity contribution < 1.29 is 4.79 Å². The lowest BCUT2D eigenvalue weighted by atomic mass is 9.80. The van der Waals surface area contributed by atoms with Gasteiger partial charge in [0.15, 0.2) is 0 Å². The Morgan fingerprint density at radius 1 is 1.25 bits per heavy atom. The molecule has 1 amide bonds. The van der Waals surface area contributed by atoms with Gasteiger partial charge in [0, 0.05) is 13.0 Å². The molecular formula is C13H28N2O. The minimum Gasteiger partial charge on any atom is -0.356 e. The van der Waals surface area contributed by atoms with Crippen LogP contribution in [0.4, 0.5) is 0 Å². The van der Waals surface area contributed by atoms with E-state index in [2.05, 4.69) is 46.9 Å². The Bertz CT molecular complexity index is 229. The lowest BCUT2D eigenvalue weighted by molar-refractivity contribution is -0.123. The molecule has 0 radical (unpaired) electrons. The second-order valence-corrected chi connectivity index (χ2v) is 6.62. The van der Waals surface area contributed by atoms with Crippen LogP contribution in [0.15, 0.2) is 0 Å². The summed E-state index contributed by atoms with van der Waals surface area (Å²) < 4.78 is 0. The van der Waals surface area contributed by atoms with Crippen molar-refractivity contribution in [2.24, 2.45) is 22.5 Å². The number of rotatable bonds is 5. The molecule has 1 atom stereocenters. The van der Waals surface area contributed by atoms with Gasteiger partial charge in [0.05, 0.1) is 0 Å². The summed E-state index contributed by atoms with van der Waals surface area (Å²) in [7, 11) is 0. The number of hydrogen-bond donors (Lipinski definition) is 2. The maximum absolute atomic E-state index is 11.7. The lowest BCUT2D eigenvalue weighted by Crippen LogP contribution is -2.39. The molecule has 96 valence electrons. The summed E-state index contributed by atoms with van der Waals surface area (Å²) in [4.78, 5) is 11.7. The first-order valence-electron chi connectivity index (χ1n) is 6.05. The van der Waals surface area contributed by atoms with Gasteiger partial charge in [-0.15, -0.1) is 0 Å². The van der Waals surface area contributed by atoms with Gasteiger partial charge in [-0.2, -0.15) is 0 Å². The van der Waals surface area contributed by atoms with Crippen molar-refractivity contribution >= 4 is 5.91 Å². The van der Waals surface area contributed by atoms with Crippen LogP contribution in [-0.4, -0.2) is 19.0 Å². The molecule has 3 nitrogen and oxygen atoms in total. The molecule has 0 fully saturated rings. The predicted molar refractivity (Wildman–Crippen MR) is 69.1 cm³/mol. The Kier molecular flexibility index (Phi) is 5.47. The van der Waals surface area contributed by atoms with Crippen molar-refractivity contribution in [3.63, 3.8) is 0 Å². The molecule has 3 heteroatoms.